The zero-order valence-electron chi connectivity index (χ0n) is 13.6. The maximum atomic E-state index is 12.9. The molecule has 0 saturated carbocycles. The fourth-order valence-electron chi connectivity index (χ4n) is 2.23. The smallest absolute Gasteiger partial charge is 0.298 e. The average molecular weight is 417 g/mol. The molecule has 0 bridgehead atoms. The van der Waals surface area contributed by atoms with E-state index in [2.05, 4.69) is 15.3 Å². The van der Waals surface area contributed by atoms with E-state index < -0.39 is 35.0 Å². The monoisotopic (exact) mass is 417 g/mol. The highest BCUT2D eigenvalue weighted by Crippen LogP contribution is 2.36. The number of amides is 1. The van der Waals surface area contributed by atoms with E-state index in [4.69, 9.17) is 0 Å². The lowest BCUT2D eigenvalue weighted by molar-refractivity contribution is -0.143. The van der Waals surface area contributed by atoms with Crippen LogP contribution in [0.25, 0.3) is 11.3 Å². The van der Waals surface area contributed by atoms with Gasteiger partial charge in [-0.05, 0) is 30.3 Å². The number of rotatable bonds is 3. The third-order valence-electron chi connectivity index (χ3n) is 3.53. The Kier molecular flexibility index (Phi) is 5.11. The molecule has 0 unspecified atom stereocenters. The number of nitrogens with zero attached hydrogens (tertiary/aromatic N) is 2. The van der Waals surface area contributed by atoms with E-state index in [0.29, 0.717) is 23.4 Å². The van der Waals surface area contributed by atoms with Crippen LogP contribution in [0.15, 0.2) is 48.1 Å². The number of anilines is 1. The van der Waals surface area contributed by atoms with Crippen molar-refractivity contribution in [1.29, 1.82) is 0 Å². The van der Waals surface area contributed by atoms with Crippen molar-refractivity contribution in [2.24, 2.45) is 0 Å². The number of thiazole rings is 1. The summed E-state index contributed by atoms with van der Waals surface area (Å²) < 4.78 is 77.4. The standard InChI is InChI=1S/C17H9F6N3OS/c18-16(19,20)11-4-10(5-12(6-11)17(21,22)23)14(27)26-15-25-13(8-28-15)9-2-1-3-24-7-9/h1-8H,(H,25,26,27). The lowest BCUT2D eigenvalue weighted by Crippen LogP contribution is -2.17. The second-order valence-electron chi connectivity index (χ2n) is 5.53. The summed E-state index contributed by atoms with van der Waals surface area (Å²) in [6.07, 6.45) is -7.01. The molecule has 1 amide bonds. The largest absolute Gasteiger partial charge is 0.416 e. The maximum Gasteiger partial charge on any atom is 0.416 e. The van der Waals surface area contributed by atoms with Crippen LogP contribution >= 0.6 is 11.3 Å². The molecule has 0 fully saturated rings. The normalized spacial score (nSPS) is 12.1. The van der Waals surface area contributed by atoms with Gasteiger partial charge in [-0.1, -0.05) is 0 Å². The Morgan fingerprint density at radius 1 is 1.00 bits per heavy atom. The predicted molar refractivity (Wildman–Crippen MR) is 89.7 cm³/mol. The summed E-state index contributed by atoms with van der Waals surface area (Å²) >= 11 is 0.972. The molecular formula is C17H9F6N3OS. The van der Waals surface area contributed by atoms with Gasteiger partial charge in [0.2, 0.25) is 0 Å². The van der Waals surface area contributed by atoms with E-state index in [9.17, 15) is 31.1 Å². The molecule has 2 aromatic heterocycles. The number of carbonyl (C=O) groups is 1. The van der Waals surface area contributed by atoms with Crippen LogP contribution < -0.4 is 5.32 Å². The quantitative estimate of drug-likeness (QED) is 0.573. The summed E-state index contributed by atoms with van der Waals surface area (Å²) in [7, 11) is 0. The van der Waals surface area contributed by atoms with Crippen molar-refractivity contribution in [2.45, 2.75) is 12.4 Å². The van der Waals surface area contributed by atoms with Crippen molar-refractivity contribution in [3.05, 3.63) is 64.8 Å². The lowest BCUT2D eigenvalue weighted by atomic mass is 10.0. The number of carbonyl (C=O) groups excluding carboxylic acids is 1. The van der Waals surface area contributed by atoms with Gasteiger partial charge in [0.1, 0.15) is 0 Å². The van der Waals surface area contributed by atoms with Crippen LogP contribution in [0.1, 0.15) is 21.5 Å². The second-order valence-corrected chi connectivity index (χ2v) is 6.39. The van der Waals surface area contributed by atoms with Gasteiger partial charge in [0, 0.05) is 28.9 Å². The third-order valence-corrected chi connectivity index (χ3v) is 4.29. The molecule has 0 radical (unpaired) electrons. The van der Waals surface area contributed by atoms with Crippen molar-refractivity contribution >= 4 is 22.4 Å². The van der Waals surface area contributed by atoms with Gasteiger partial charge < -0.3 is 0 Å². The molecule has 11 heteroatoms. The van der Waals surface area contributed by atoms with Crippen LogP contribution in [0, 0.1) is 0 Å². The number of pyridine rings is 1. The second kappa shape index (κ2) is 7.23. The number of nitrogens with one attached hydrogen (secondary N) is 1. The third kappa shape index (κ3) is 4.47. The molecule has 0 atom stereocenters. The van der Waals surface area contributed by atoms with Gasteiger partial charge in [-0.15, -0.1) is 11.3 Å². The van der Waals surface area contributed by atoms with E-state index in [1.807, 2.05) is 0 Å². The first-order valence-corrected chi connectivity index (χ1v) is 8.39. The Labute approximate surface area is 157 Å². The Bertz CT molecular complexity index is 966. The molecule has 0 saturated heterocycles. The molecule has 4 nitrogen and oxygen atoms in total. The highest BCUT2D eigenvalue weighted by Gasteiger charge is 2.37. The molecule has 146 valence electrons. The summed E-state index contributed by atoms with van der Waals surface area (Å²) in [6.45, 7) is 0. The molecule has 2 heterocycles. The van der Waals surface area contributed by atoms with Crippen molar-refractivity contribution < 1.29 is 31.1 Å². The number of benzene rings is 1. The maximum absolute atomic E-state index is 12.9. The highest BCUT2D eigenvalue weighted by molar-refractivity contribution is 7.14. The van der Waals surface area contributed by atoms with Crippen LogP contribution in [0.4, 0.5) is 31.5 Å². The zero-order chi connectivity index (χ0) is 20.5. The summed E-state index contributed by atoms with van der Waals surface area (Å²) in [5.74, 6) is -1.14. The minimum atomic E-state index is -5.04. The van der Waals surface area contributed by atoms with Gasteiger partial charge in [0.05, 0.1) is 16.8 Å². The van der Waals surface area contributed by atoms with Crippen molar-refractivity contribution in [2.75, 3.05) is 5.32 Å². The van der Waals surface area contributed by atoms with Gasteiger partial charge in [-0.25, -0.2) is 4.98 Å². The lowest BCUT2D eigenvalue weighted by Gasteiger charge is -2.13. The van der Waals surface area contributed by atoms with E-state index >= 15 is 0 Å². The number of aromatic nitrogens is 2. The molecule has 0 spiro atoms. The first kappa shape index (κ1) is 19.8. The molecule has 0 aliphatic rings. The topological polar surface area (TPSA) is 54.9 Å². The van der Waals surface area contributed by atoms with Crippen LogP contribution in [0.5, 0.6) is 0 Å². The minimum Gasteiger partial charge on any atom is -0.298 e. The molecule has 1 aromatic carbocycles. The molecule has 0 aliphatic carbocycles. The van der Waals surface area contributed by atoms with Crippen LogP contribution in [-0.4, -0.2) is 15.9 Å². The first-order valence-electron chi connectivity index (χ1n) is 7.51. The Balaban J connectivity index is 1.89. The molecule has 0 aliphatic heterocycles. The fraction of sp³-hybridized carbons (Fsp3) is 0.118. The van der Waals surface area contributed by atoms with E-state index in [0.717, 1.165) is 11.3 Å². The SMILES string of the molecule is O=C(Nc1nc(-c2cccnc2)cs1)c1cc(C(F)(F)F)cc(C(F)(F)F)c1. The van der Waals surface area contributed by atoms with E-state index in [-0.39, 0.29) is 11.2 Å². The first-order chi connectivity index (χ1) is 13.0. The summed E-state index contributed by atoms with van der Waals surface area (Å²) in [6, 6.07) is 4.05. The van der Waals surface area contributed by atoms with Gasteiger partial charge in [0.15, 0.2) is 5.13 Å². The Hall–Kier alpha value is -2.95. The average Bonchev–Trinajstić information content (AvgIpc) is 3.09. The summed E-state index contributed by atoms with van der Waals surface area (Å²) in [4.78, 5) is 20.2. The van der Waals surface area contributed by atoms with Crippen molar-refractivity contribution in [3.8, 4) is 11.3 Å². The number of alkyl halides is 6. The van der Waals surface area contributed by atoms with Gasteiger partial charge in [-0.3, -0.25) is 15.1 Å². The van der Waals surface area contributed by atoms with Crippen molar-refractivity contribution in [1.82, 2.24) is 9.97 Å². The molecule has 3 aromatic rings. The van der Waals surface area contributed by atoms with Gasteiger partial charge >= 0.3 is 12.4 Å². The fourth-order valence-corrected chi connectivity index (χ4v) is 2.95. The van der Waals surface area contributed by atoms with Crippen LogP contribution in [0.3, 0.4) is 0 Å². The Morgan fingerprint density at radius 3 is 2.18 bits per heavy atom. The summed E-state index contributed by atoms with van der Waals surface area (Å²) in [5, 5.41) is 3.81. The molecule has 1 N–H and O–H groups in total. The number of hydrogen-bond donors (Lipinski definition) is 1. The highest BCUT2D eigenvalue weighted by atomic mass is 32.1. The van der Waals surface area contributed by atoms with Gasteiger partial charge in [0.25, 0.3) is 5.91 Å². The van der Waals surface area contributed by atoms with Crippen LogP contribution in [-0.2, 0) is 12.4 Å². The Morgan fingerprint density at radius 2 is 1.64 bits per heavy atom. The van der Waals surface area contributed by atoms with Crippen LogP contribution in [0.2, 0.25) is 0 Å². The zero-order valence-corrected chi connectivity index (χ0v) is 14.4. The number of halogens is 6. The molecular weight excluding hydrogens is 408 g/mol. The molecule has 3 rings (SSSR count). The predicted octanol–water partition coefficient (Wildman–Crippen LogP) is 5.50. The summed E-state index contributed by atoms with van der Waals surface area (Å²) in [5.41, 5.74) is -2.82. The minimum absolute atomic E-state index is 0.0230. The van der Waals surface area contributed by atoms with E-state index in [1.54, 1.807) is 23.7 Å². The van der Waals surface area contributed by atoms with E-state index in [1.165, 1.54) is 6.20 Å². The van der Waals surface area contributed by atoms with Crippen molar-refractivity contribution in [3.63, 3.8) is 0 Å². The molecule has 28 heavy (non-hydrogen) atoms. The van der Waals surface area contributed by atoms with Gasteiger partial charge in [-0.2, -0.15) is 26.3 Å². The number of hydrogen-bond acceptors (Lipinski definition) is 4.